The second kappa shape index (κ2) is 6.67. The van der Waals surface area contributed by atoms with Crippen molar-refractivity contribution in [1.29, 1.82) is 0 Å². The lowest BCUT2D eigenvalue weighted by Crippen LogP contribution is -2.55. The Labute approximate surface area is 132 Å². The molecule has 0 saturated carbocycles. The van der Waals surface area contributed by atoms with Gasteiger partial charge >= 0.3 is 0 Å². The Morgan fingerprint density at radius 2 is 1.29 bits per heavy atom. The maximum Gasteiger partial charge on any atom is 0.282 e. The van der Waals surface area contributed by atoms with Crippen molar-refractivity contribution >= 4 is 31.8 Å². The van der Waals surface area contributed by atoms with Gasteiger partial charge in [0, 0.05) is 45.1 Å². The van der Waals surface area contributed by atoms with Gasteiger partial charge in [-0.25, -0.2) is 8.42 Å². The molecule has 0 atom stereocenters. The van der Waals surface area contributed by atoms with Gasteiger partial charge in [0.1, 0.15) is 0 Å². The van der Waals surface area contributed by atoms with Crippen LogP contribution in [0.2, 0.25) is 0 Å². The van der Waals surface area contributed by atoms with Crippen molar-refractivity contribution in [2.75, 3.05) is 51.4 Å². The van der Waals surface area contributed by atoms with Crippen molar-refractivity contribution in [2.24, 2.45) is 5.92 Å². The lowest BCUT2D eigenvalue weighted by Gasteiger charge is -2.37. The molecule has 0 amide bonds. The summed E-state index contributed by atoms with van der Waals surface area (Å²) in [5.41, 5.74) is 0. The van der Waals surface area contributed by atoms with E-state index in [1.807, 2.05) is 0 Å². The first-order chi connectivity index (χ1) is 9.75. The molecule has 10 heteroatoms. The van der Waals surface area contributed by atoms with Crippen LogP contribution < -0.4 is 0 Å². The molecule has 2 fully saturated rings. The summed E-state index contributed by atoms with van der Waals surface area (Å²) >= 11 is 5.81. The number of hydrogen-bond donors (Lipinski definition) is 0. The third kappa shape index (κ3) is 4.08. The first-order valence-electron chi connectivity index (χ1n) is 7.01. The summed E-state index contributed by atoms with van der Waals surface area (Å²) in [7, 11) is -6.73. The van der Waals surface area contributed by atoms with E-state index in [1.54, 1.807) is 0 Å². The first kappa shape index (κ1) is 17.4. The van der Waals surface area contributed by atoms with Crippen LogP contribution in [-0.4, -0.2) is 81.2 Å². The van der Waals surface area contributed by atoms with E-state index >= 15 is 0 Å². The molecule has 0 N–H and O–H groups in total. The summed E-state index contributed by atoms with van der Waals surface area (Å²) in [5.74, 6) is 0.959. The highest BCUT2D eigenvalue weighted by Gasteiger charge is 2.35. The molecule has 2 aliphatic heterocycles. The number of piperidine rings is 1. The Morgan fingerprint density at radius 3 is 1.71 bits per heavy atom. The van der Waals surface area contributed by atoms with Gasteiger partial charge in [0.05, 0.1) is 6.26 Å². The van der Waals surface area contributed by atoms with Crippen LogP contribution in [0.1, 0.15) is 12.8 Å². The predicted molar refractivity (Wildman–Crippen MR) is 81.9 cm³/mol. The average Bonchev–Trinajstić information content (AvgIpc) is 2.46. The quantitative estimate of drug-likeness (QED) is 0.649. The molecule has 0 aliphatic carbocycles. The number of sulfonamides is 1. The fraction of sp³-hybridized carbons (Fsp3) is 1.00. The molecule has 2 saturated heterocycles. The average molecular weight is 360 g/mol. The van der Waals surface area contributed by atoms with E-state index in [1.165, 1.54) is 12.9 Å². The van der Waals surface area contributed by atoms with Gasteiger partial charge in [-0.2, -0.15) is 21.3 Å². The molecule has 7 nitrogen and oxygen atoms in total. The Balaban J connectivity index is 1.96. The van der Waals surface area contributed by atoms with Gasteiger partial charge in [0.25, 0.3) is 10.2 Å². The molecule has 0 aromatic carbocycles. The first-order valence-corrected chi connectivity index (χ1v) is 10.8. The standard InChI is InChI=1S/C11H22ClN3O4S2/c1-20(16,17)13-6-8-15(9-7-13)21(18,19)14-4-2-11(10-12)3-5-14/h11H,2-10H2,1H3. The van der Waals surface area contributed by atoms with Gasteiger partial charge in [-0.3, -0.25) is 0 Å². The summed E-state index contributed by atoms with van der Waals surface area (Å²) in [4.78, 5) is 0. The van der Waals surface area contributed by atoms with Crippen LogP contribution >= 0.6 is 11.6 Å². The van der Waals surface area contributed by atoms with Crippen LogP contribution in [0.5, 0.6) is 0 Å². The van der Waals surface area contributed by atoms with Crippen LogP contribution in [0.3, 0.4) is 0 Å². The molecule has 2 aliphatic rings. The van der Waals surface area contributed by atoms with Crippen molar-refractivity contribution < 1.29 is 16.8 Å². The molecule has 0 aromatic heterocycles. The Hall–Kier alpha value is 0.0700. The topological polar surface area (TPSA) is 78.0 Å². The molecule has 124 valence electrons. The SMILES string of the molecule is CS(=O)(=O)N1CCN(S(=O)(=O)N2CCC(CCl)CC2)CC1. The molecule has 0 bridgehead atoms. The Morgan fingerprint density at radius 1 is 0.857 bits per heavy atom. The number of hydrogen-bond acceptors (Lipinski definition) is 4. The van der Waals surface area contributed by atoms with E-state index in [2.05, 4.69) is 0 Å². The summed E-state index contributed by atoms with van der Waals surface area (Å²) in [6.45, 7) is 1.85. The summed E-state index contributed by atoms with van der Waals surface area (Å²) in [6.07, 6.45) is 2.71. The highest BCUT2D eigenvalue weighted by atomic mass is 35.5. The van der Waals surface area contributed by atoms with E-state index in [4.69, 9.17) is 11.6 Å². The van der Waals surface area contributed by atoms with E-state index in [-0.39, 0.29) is 26.2 Å². The van der Waals surface area contributed by atoms with Crippen molar-refractivity contribution in [2.45, 2.75) is 12.8 Å². The van der Waals surface area contributed by atoms with Crippen molar-refractivity contribution in [1.82, 2.24) is 12.9 Å². The van der Waals surface area contributed by atoms with Gasteiger partial charge in [-0.15, -0.1) is 11.6 Å². The van der Waals surface area contributed by atoms with Crippen LogP contribution in [0.4, 0.5) is 0 Å². The maximum atomic E-state index is 12.5. The minimum absolute atomic E-state index is 0.213. The van der Waals surface area contributed by atoms with Gasteiger partial charge < -0.3 is 0 Å². The number of alkyl halides is 1. The highest BCUT2D eigenvalue weighted by Crippen LogP contribution is 2.23. The third-order valence-electron chi connectivity index (χ3n) is 4.11. The number of rotatable bonds is 4. The number of nitrogens with zero attached hydrogens (tertiary/aromatic N) is 3. The molecule has 0 spiro atoms. The van der Waals surface area contributed by atoms with E-state index in [9.17, 15) is 16.8 Å². The van der Waals surface area contributed by atoms with E-state index < -0.39 is 20.2 Å². The molecule has 0 aromatic rings. The zero-order valence-electron chi connectivity index (χ0n) is 12.1. The summed E-state index contributed by atoms with van der Waals surface area (Å²) in [5, 5.41) is 0. The fourth-order valence-electron chi connectivity index (χ4n) is 2.69. The van der Waals surface area contributed by atoms with Crippen molar-refractivity contribution in [3.63, 3.8) is 0 Å². The van der Waals surface area contributed by atoms with Gasteiger partial charge in [0.15, 0.2) is 0 Å². The second-order valence-corrected chi connectivity index (χ2v) is 9.79. The van der Waals surface area contributed by atoms with E-state index in [0.717, 1.165) is 19.1 Å². The highest BCUT2D eigenvalue weighted by molar-refractivity contribution is 7.88. The molecule has 0 radical (unpaired) electrons. The smallest absolute Gasteiger partial charge is 0.213 e. The third-order valence-corrected chi connectivity index (χ3v) is 7.89. The van der Waals surface area contributed by atoms with Gasteiger partial charge in [0.2, 0.25) is 10.0 Å². The van der Waals surface area contributed by atoms with Crippen LogP contribution in [0, 0.1) is 5.92 Å². The minimum atomic E-state index is -3.48. The number of piperazine rings is 1. The van der Waals surface area contributed by atoms with Crippen LogP contribution in [0.15, 0.2) is 0 Å². The second-order valence-electron chi connectivity index (χ2n) is 5.57. The normalized spacial score (nSPS) is 25.2. The zero-order valence-corrected chi connectivity index (χ0v) is 14.5. The van der Waals surface area contributed by atoms with Gasteiger partial charge in [-0.1, -0.05) is 0 Å². The Kier molecular flexibility index (Phi) is 5.54. The van der Waals surface area contributed by atoms with Crippen LogP contribution in [0.25, 0.3) is 0 Å². The molecule has 2 heterocycles. The Bertz CT molecular complexity index is 550. The fourth-order valence-corrected chi connectivity index (χ4v) is 5.45. The van der Waals surface area contributed by atoms with Crippen LogP contribution in [-0.2, 0) is 20.2 Å². The van der Waals surface area contributed by atoms with Crippen molar-refractivity contribution in [3.05, 3.63) is 0 Å². The lowest BCUT2D eigenvalue weighted by molar-refractivity contribution is 0.233. The lowest BCUT2D eigenvalue weighted by atomic mass is 10.0. The molecule has 21 heavy (non-hydrogen) atoms. The number of halogens is 1. The maximum absolute atomic E-state index is 12.5. The van der Waals surface area contributed by atoms with E-state index in [0.29, 0.717) is 24.9 Å². The monoisotopic (exact) mass is 359 g/mol. The summed E-state index contributed by atoms with van der Waals surface area (Å²) < 4.78 is 52.2. The minimum Gasteiger partial charge on any atom is -0.213 e. The van der Waals surface area contributed by atoms with Gasteiger partial charge in [-0.05, 0) is 18.8 Å². The molecular formula is C11H22ClN3O4S2. The zero-order chi connectivity index (χ0) is 15.7. The molecular weight excluding hydrogens is 338 g/mol. The predicted octanol–water partition coefficient (Wildman–Crippen LogP) is -0.241. The molecule has 2 rings (SSSR count). The molecule has 0 unspecified atom stereocenters. The summed E-state index contributed by atoms with van der Waals surface area (Å²) in [6, 6.07) is 0. The largest absolute Gasteiger partial charge is 0.282 e. The van der Waals surface area contributed by atoms with Crippen molar-refractivity contribution in [3.8, 4) is 0 Å².